The van der Waals surface area contributed by atoms with Crippen molar-refractivity contribution < 1.29 is 4.79 Å². The highest BCUT2D eigenvalue weighted by atomic mass is 16.2. The summed E-state index contributed by atoms with van der Waals surface area (Å²) in [7, 11) is 0. The fourth-order valence-corrected chi connectivity index (χ4v) is 2.43. The highest BCUT2D eigenvalue weighted by Gasteiger charge is 2.22. The van der Waals surface area contributed by atoms with E-state index in [1.807, 2.05) is 33.8 Å². The van der Waals surface area contributed by atoms with Crippen molar-refractivity contribution in [1.29, 1.82) is 0 Å². The number of hydrogen-bond acceptors (Lipinski definition) is 6. The molecule has 3 rings (SSSR count). The minimum atomic E-state index is -0.330. The van der Waals surface area contributed by atoms with E-state index in [1.165, 1.54) is 0 Å². The molecule has 0 spiro atoms. The minimum absolute atomic E-state index is 0.107. The maximum Gasteiger partial charge on any atom is 0.291 e. The Bertz CT molecular complexity index is 852. The Morgan fingerprint density at radius 3 is 2.58 bits per heavy atom. The summed E-state index contributed by atoms with van der Waals surface area (Å²) in [5.41, 5.74) is 1.72. The number of carbonyl (C=O) groups excluding carboxylic acids is 1. The van der Waals surface area contributed by atoms with Crippen LogP contribution in [0.5, 0.6) is 0 Å². The van der Waals surface area contributed by atoms with E-state index in [0.29, 0.717) is 12.3 Å². The summed E-state index contributed by atoms with van der Waals surface area (Å²) >= 11 is 0. The lowest BCUT2D eigenvalue weighted by molar-refractivity contribution is 0.0907. The molecule has 0 saturated carbocycles. The second kappa shape index (κ2) is 6.34. The van der Waals surface area contributed by atoms with Crippen LogP contribution in [0.2, 0.25) is 0 Å². The van der Waals surface area contributed by atoms with Crippen LogP contribution in [-0.2, 0) is 6.54 Å². The maximum absolute atomic E-state index is 12.5. The maximum atomic E-state index is 12.5. The Hall–Kier alpha value is -2.84. The number of rotatable bonds is 5. The van der Waals surface area contributed by atoms with E-state index in [0.717, 1.165) is 11.4 Å². The Balaban J connectivity index is 1.81. The topological polar surface area (TPSA) is 103 Å². The fraction of sp³-hybridized carbons (Fsp3) is 0.467. The standard InChI is InChI=1S/C15H20N8O/c1-9(2)12(8-22-16-5-6-17-22)19-14(24)13-20-15-18-10(3)7-11(4)23(15)21-13/h5-7,9,12H,8H2,1-4H3,(H,19,24). The van der Waals surface area contributed by atoms with Gasteiger partial charge in [-0.05, 0) is 25.8 Å². The van der Waals surface area contributed by atoms with Gasteiger partial charge < -0.3 is 5.32 Å². The molecule has 24 heavy (non-hydrogen) atoms. The van der Waals surface area contributed by atoms with Gasteiger partial charge in [-0.3, -0.25) is 4.79 Å². The molecule has 9 nitrogen and oxygen atoms in total. The minimum Gasteiger partial charge on any atom is -0.344 e. The molecule has 1 unspecified atom stereocenters. The van der Waals surface area contributed by atoms with Crippen molar-refractivity contribution in [3.05, 3.63) is 35.7 Å². The number of nitrogens with zero attached hydrogens (tertiary/aromatic N) is 7. The van der Waals surface area contributed by atoms with Crippen molar-refractivity contribution >= 4 is 11.7 Å². The van der Waals surface area contributed by atoms with Gasteiger partial charge in [-0.25, -0.2) is 9.50 Å². The summed E-state index contributed by atoms with van der Waals surface area (Å²) in [5.74, 6) is 0.408. The van der Waals surface area contributed by atoms with Gasteiger partial charge in [-0.15, -0.1) is 5.10 Å². The molecule has 0 aromatic carbocycles. The van der Waals surface area contributed by atoms with E-state index < -0.39 is 0 Å². The van der Waals surface area contributed by atoms with E-state index in [-0.39, 0.29) is 23.7 Å². The molecule has 1 N–H and O–H groups in total. The number of nitrogens with one attached hydrogen (secondary N) is 1. The van der Waals surface area contributed by atoms with Gasteiger partial charge in [0.05, 0.1) is 25.0 Å². The van der Waals surface area contributed by atoms with Gasteiger partial charge in [0.2, 0.25) is 5.82 Å². The number of amides is 1. The lowest BCUT2D eigenvalue weighted by Crippen LogP contribution is -2.42. The Morgan fingerprint density at radius 1 is 1.21 bits per heavy atom. The second-order valence-corrected chi connectivity index (χ2v) is 6.09. The van der Waals surface area contributed by atoms with Gasteiger partial charge >= 0.3 is 0 Å². The number of hydrogen-bond donors (Lipinski definition) is 1. The van der Waals surface area contributed by atoms with Crippen molar-refractivity contribution in [2.24, 2.45) is 5.92 Å². The van der Waals surface area contributed by atoms with E-state index in [1.54, 1.807) is 21.7 Å². The van der Waals surface area contributed by atoms with Crippen LogP contribution in [0.15, 0.2) is 18.5 Å². The van der Waals surface area contributed by atoms with Crippen LogP contribution in [-0.4, -0.2) is 46.5 Å². The highest BCUT2D eigenvalue weighted by Crippen LogP contribution is 2.08. The summed E-state index contributed by atoms with van der Waals surface area (Å²) in [4.78, 5) is 22.6. The van der Waals surface area contributed by atoms with Gasteiger partial charge in [-0.2, -0.15) is 20.0 Å². The van der Waals surface area contributed by atoms with E-state index in [9.17, 15) is 4.79 Å². The molecular weight excluding hydrogens is 308 g/mol. The lowest BCUT2D eigenvalue weighted by atomic mass is 10.0. The van der Waals surface area contributed by atoms with Crippen molar-refractivity contribution in [3.63, 3.8) is 0 Å². The number of aryl methyl sites for hydroxylation is 2. The van der Waals surface area contributed by atoms with Crippen LogP contribution in [0.1, 0.15) is 35.9 Å². The Kier molecular flexibility index (Phi) is 4.24. The van der Waals surface area contributed by atoms with Crippen molar-refractivity contribution in [3.8, 4) is 0 Å². The van der Waals surface area contributed by atoms with Crippen LogP contribution >= 0.6 is 0 Å². The molecule has 3 aromatic heterocycles. The summed E-state index contributed by atoms with van der Waals surface area (Å²) in [6.07, 6.45) is 3.22. The zero-order valence-electron chi connectivity index (χ0n) is 14.1. The predicted octanol–water partition coefficient (Wildman–Crippen LogP) is 0.787. The summed E-state index contributed by atoms with van der Waals surface area (Å²) < 4.78 is 1.57. The molecule has 0 aliphatic carbocycles. The zero-order chi connectivity index (χ0) is 17.3. The van der Waals surface area contributed by atoms with Crippen LogP contribution in [0, 0.1) is 19.8 Å². The largest absolute Gasteiger partial charge is 0.344 e. The van der Waals surface area contributed by atoms with Gasteiger partial charge in [0, 0.05) is 11.4 Å². The molecule has 0 radical (unpaired) electrons. The number of aromatic nitrogens is 7. The summed E-state index contributed by atoms with van der Waals surface area (Å²) in [6, 6.07) is 1.76. The molecular formula is C15H20N8O. The summed E-state index contributed by atoms with van der Waals surface area (Å²) in [5, 5.41) is 15.4. The van der Waals surface area contributed by atoms with Gasteiger partial charge in [-0.1, -0.05) is 13.8 Å². The molecule has 126 valence electrons. The molecule has 0 fully saturated rings. The summed E-state index contributed by atoms with van der Waals surface area (Å²) in [6.45, 7) is 8.33. The van der Waals surface area contributed by atoms with E-state index in [4.69, 9.17) is 0 Å². The number of fused-ring (bicyclic) bond motifs is 1. The van der Waals surface area contributed by atoms with Gasteiger partial charge in [0.25, 0.3) is 11.7 Å². The second-order valence-electron chi connectivity index (χ2n) is 6.09. The van der Waals surface area contributed by atoms with Gasteiger partial charge in [0.15, 0.2) is 0 Å². The normalized spacial score (nSPS) is 12.7. The number of carbonyl (C=O) groups is 1. The molecule has 3 heterocycles. The molecule has 9 heteroatoms. The first-order chi connectivity index (χ1) is 11.4. The molecule has 0 saturated heterocycles. The third-order valence-corrected chi connectivity index (χ3v) is 3.77. The van der Waals surface area contributed by atoms with Crippen LogP contribution < -0.4 is 5.32 Å². The predicted molar refractivity (Wildman–Crippen MR) is 86.4 cm³/mol. The molecule has 3 aromatic rings. The fourth-order valence-electron chi connectivity index (χ4n) is 2.43. The quantitative estimate of drug-likeness (QED) is 0.742. The van der Waals surface area contributed by atoms with Crippen LogP contribution in [0.25, 0.3) is 5.78 Å². The smallest absolute Gasteiger partial charge is 0.291 e. The zero-order valence-corrected chi connectivity index (χ0v) is 14.1. The first-order valence-corrected chi connectivity index (χ1v) is 7.80. The van der Waals surface area contributed by atoms with Crippen molar-refractivity contribution in [2.45, 2.75) is 40.3 Å². The average molecular weight is 328 g/mol. The molecule has 1 amide bonds. The third kappa shape index (κ3) is 3.24. The van der Waals surface area contributed by atoms with Crippen LogP contribution in [0.4, 0.5) is 0 Å². The molecule has 0 aliphatic heterocycles. The Morgan fingerprint density at radius 2 is 1.92 bits per heavy atom. The first-order valence-electron chi connectivity index (χ1n) is 7.80. The monoisotopic (exact) mass is 328 g/mol. The molecule has 0 aliphatic rings. The van der Waals surface area contributed by atoms with Crippen molar-refractivity contribution in [2.75, 3.05) is 0 Å². The average Bonchev–Trinajstić information content (AvgIpc) is 3.15. The van der Waals surface area contributed by atoms with Crippen molar-refractivity contribution in [1.82, 2.24) is 39.9 Å². The molecule has 0 bridgehead atoms. The van der Waals surface area contributed by atoms with E-state index >= 15 is 0 Å². The van der Waals surface area contributed by atoms with Crippen LogP contribution in [0.3, 0.4) is 0 Å². The third-order valence-electron chi connectivity index (χ3n) is 3.77. The van der Waals surface area contributed by atoms with Gasteiger partial charge in [0.1, 0.15) is 0 Å². The van der Waals surface area contributed by atoms with E-state index in [2.05, 4.69) is 30.6 Å². The SMILES string of the molecule is Cc1cc(C)n2nc(C(=O)NC(Cn3nccn3)C(C)C)nc2n1. The highest BCUT2D eigenvalue weighted by molar-refractivity contribution is 5.91. The Labute approximate surface area is 139 Å². The lowest BCUT2D eigenvalue weighted by Gasteiger charge is -2.20. The first kappa shape index (κ1) is 16.0. The molecule has 1 atom stereocenters.